The maximum Gasteiger partial charge on any atom is 0.274 e. The largest absolute Gasteiger partial charge is 0.497 e. The molecule has 1 aromatic rings. The summed E-state index contributed by atoms with van der Waals surface area (Å²) in [6.07, 6.45) is 2.05. The summed E-state index contributed by atoms with van der Waals surface area (Å²) >= 11 is 0. The number of benzene rings is 1. The highest BCUT2D eigenvalue weighted by atomic mass is 32.2. The van der Waals surface area contributed by atoms with Crippen LogP contribution in [0.3, 0.4) is 0 Å². The minimum Gasteiger partial charge on any atom is -0.497 e. The van der Waals surface area contributed by atoms with Gasteiger partial charge in [0.1, 0.15) is 5.75 Å². The van der Waals surface area contributed by atoms with Crippen LogP contribution in [-0.2, 0) is 10.2 Å². The van der Waals surface area contributed by atoms with E-state index < -0.39 is 10.2 Å². The number of hydrogen-bond acceptors (Lipinski definition) is 3. The minimum atomic E-state index is -3.67. The first-order chi connectivity index (χ1) is 7.99. The number of rotatable bonds is 5. The number of ether oxygens (including phenoxy) is 1. The summed E-state index contributed by atoms with van der Waals surface area (Å²) in [5.74, 6) is 1.10. The first-order valence-corrected chi connectivity index (χ1v) is 6.98. The van der Waals surface area contributed by atoms with Crippen LogP contribution in [0.25, 0.3) is 0 Å². The molecular weight excluding hydrogens is 240 g/mol. The van der Waals surface area contributed by atoms with E-state index >= 15 is 0 Å². The van der Waals surface area contributed by atoms with E-state index in [2.05, 4.69) is 4.72 Å². The smallest absolute Gasteiger partial charge is 0.274 e. The standard InChI is InChI=1S/C11H16N2O3S/c1-16-10-6-4-9(5-7-10)11(8-2-3-8)13-17(12,14)15/h4-8,11,13H,2-3H2,1H3,(H2,12,14,15). The molecule has 94 valence electrons. The molecule has 1 atom stereocenters. The van der Waals surface area contributed by atoms with E-state index in [4.69, 9.17) is 9.88 Å². The summed E-state index contributed by atoms with van der Waals surface area (Å²) < 4.78 is 29.8. The topological polar surface area (TPSA) is 81.4 Å². The molecule has 0 heterocycles. The Bertz CT molecular complexity index is 480. The highest BCUT2D eigenvalue weighted by Gasteiger charge is 2.34. The molecule has 0 amide bonds. The lowest BCUT2D eigenvalue weighted by Crippen LogP contribution is -2.35. The Balaban J connectivity index is 2.20. The van der Waals surface area contributed by atoms with E-state index in [-0.39, 0.29) is 6.04 Å². The zero-order valence-corrected chi connectivity index (χ0v) is 10.4. The van der Waals surface area contributed by atoms with E-state index in [1.165, 1.54) is 0 Å². The van der Waals surface area contributed by atoms with E-state index in [1.807, 2.05) is 24.3 Å². The van der Waals surface area contributed by atoms with Crippen molar-refractivity contribution in [1.29, 1.82) is 0 Å². The van der Waals surface area contributed by atoms with Crippen LogP contribution in [0.4, 0.5) is 0 Å². The molecule has 1 aliphatic rings. The number of methoxy groups -OCH3 is 1. The van der Waals surface area contributed by atoms with Gasteiger partial charge in [-0.3, -0.25) is 0 Å². The molecule has 1 aliphatic carbocycles. The van der Waals surface area contributed by atoms with Crippen molar-refractivity contribution in [3.63, 3.8) is 0 Å². The number of nitrogens with two attached hydrogens (primary N) is 1. The Labute approximate surface area is 101 Å². The Morgan fingerprint density at radius 1 is 1.35 bits per heavy atom. The van der Waals surface area contributed by atoms with Gasteiger partial charge in [-0.2, -0.15) is 13.1 Å². The molecule has 1 aromatic carbocycles. The highest BCUT2D eigenvalue weighted by molar-refractivity contribution is 7.87. The second-order valence-electron chi connectivity index (χ2n) is 4.25. The molecule has 0 spiro atoms. The van der Waals surface area contributed by atoms with Gasteiger partial charge in [0.05, 0.1) is 13.2 Å². The third-order valence-electron chi connectivity index (χ3n) is 2.86. The minimum absolute atomic E-state index is 0.226. The van der Waals surface area contributed by atoms with Crippen molar-refractivity contribution >= 4 is 10.2 Å². The molecule has 0 bridgehead atoms. The van der Waals surface area contributed by atoms with Crippen molar-refractivity contribution in [2.24, 2.45) is 11.1 Å². The Kier molecular flexibility index (Phi) is 3.37. The Hall–Kier alpha value is -1.11. The van der Waals surface area contributed by atoms with Gasteiger partial charge in [-0.25, -0.2) is 5.14 Å². The molecule has 0 saturated heterocycles. The molecule has 0 aliphatic heterocycles. The van der Waals surface area contributed by atoms with Crippen molar-refractivity contribution in [1.82, 2.24) is 4.72 Å². The normalized spacial score (nSPS) is 17.8. The average Bonchev–Trinajstić information content (AvgIpc) is 3.09. The molecule has 1 unspecified atom stereocenters. The van der Waals surface area contributed by atoms with Gasteiger partial charge < -0.3 is 4.74 Å². The van der Waals surface area contributed by atoms with Gasteiger partial charge >= 0.3 is 0 Å². The van der Waals surface area contributed by atoms with Gasteiger partial charge in [0.25, 0.3) is 10.2 Å². The zero-order chi connectivity index (χ0) is 12.5. The monoisotopic (exact) mass is 256 g/mol. The van der Waals surface area contributed by atoms with Crippen LogP contribution in [0.1, 0.15) is 24.4 Å². The second-order valence-corrected chi connectivity index (χ2v) is 5.58. The fourth-order valence-electron chi connectivity index (χ4n) is 1.85. The maximum atomic E-state index is 11.1. The van der Waals surface area contributed by atoms with Crippen molar-refractivity contribution in [2.75, 3.05) is 7.11 Å². The van der Waals surface area contributed by atoms with Gasteiger partial charge in [0.2, 0.25) is 0 Å². The van der Waals surface area contributed by atoms with Crippen LogP contribution >= 0.6 is 0 Å². The van der Waals surface area contributed by atoms with Gasteiger partial charge in [-0.05, 0) is 36.5 Å². The van der Waals surface area contributed by atoms with Crippen molar-refractivity contribution < 1.29 is 13.2 Å². The second kappa shape index (κ2) is 4.64. The lowest BCUT2D eigenvalue weighted by molar-refractivity contribution is 0.414. The van der Waals surface area contributed by atoms with E-state index in [0.29, 0.717) is 5.92 Å². The first-order valence-electron chi connectivity index (χ1n) is 5.43. The lowest BCUT2D eigenvalue weighted by atomic mass is 10.0. The SMILES string of the molecule is COc1ccc(C(NS(N)(=O)=O)C2CC2)cc1. The van der Waals surface area contributed by atoms with Crippen LogP contribution in [0.5, 0.6) is 5.75 Å². The maximum absolute atomic E-state index is 11.1. The van der Waals surface area contributed by atoms with Crippen molar-refractivity contribution in [3.8, 4) is 5.75 Å². The summed E-state index contributed by atoms with van der Waals surface area (Å²) in [7, 11) is -2.08. The van der Waals surface area contributed by atoms with Crippen LogP contribution < -0.4 is 14.6 Å². The molecule has 6 heteroatoms. The van der Waals surface area contributed by atoms with E-state index in [9.17, 15) is 8.42 Å². The number of hydrogen-bond donors (Lipinski definition) is 2. The van der Waals surface area contributed by atoms with Crippen LogP contribution in [0.2, 0.25) is 0 Å². The van der Waals surface area contributed by atoms with E-state index in [1.54, 1.807) is 7.11 Å². The molecule has 17 heavy (non-hydrogen) atoms. The summed E-state index contributed by atoms with van der Waals surface area (Å²) in [6, 6.07) is 7.13. The fourth-order valence-corrected chi connectivity index (χ4v) is 2.54. The molecule has 5 nitrogen and oxygen atoms in total. The van der Waals surface area contributed by atoms with Crippen LogP contribution in [0.15, 0.2) is 24.3 Å². The molecule has 1 saturated carbocycles. The molecule has 1 fully saturated rings. The molecule has 3 N–H and O–H groups in total. The molecular formula is C11H16N2O3S. The summed E-state index contributed by atoms with van der Waals surface area (Å²) in [4.78, 5) is 0. The third-order valence-corrected chi connectivity index (χ3v) is 3.44. The van der Waals surface area contributed by atoms with Crippen molar-refractivity contribution in [3.05, 3.63) is 29.8 Å². The Morgan fingerprint density at radius 2 is 1.94 bits per heavy atom. The zero-order valence-electron chi connectivity index (χ0n) is 9.59. The lowest BCUT2D eigenvalue weighted by Gasteiger charge is -2.17. The predicted molar refractivity (Wildman–Crippen MR) is 64.7 cm³/mol. The molecule has 2 rings (SSSR count). The Morgan fingerprint density at radius 3 is 2.35 bits per heavy atom. The van der Waals surface area contributed by atoms with Crippen LogP contribution in [0, 0.1) is 5.92 Å². The van der Waals surface area contributed by atoms with Crippen LogP contribution in [-0.4, -0.2) is 15.5 Å². The van der Waals surface area contributed by atoms with E-state index in [0.717, 1.165) is 24.2 Å². The first kappa shape index (κ1) is 12.3. The van der Waals surface area contributed by atoms with Gasteiger partial charge in [-0.1, -0.05) is 12.1 Å². The quantitative estimate of drug-likeness (QED) is 0.822. The highest BCUT2D eigenvalue weighted by Crippen LogP contribution is 2.41. The van der Waals surface area contributed by atoms with Crippen molar-refractivity contribution in [2.45, 2.75) is 18.9 Å². The predicted octanol–water partition coefficient (Wildman–Crippen LogP) is 0.939. The summed E-state index contributed by atoms with van der Waals surface area (Å²) in [6.45, 7) is 0. The van der Waals surface area contributed by atoms with Gasteiger partial charge in [0.15, 0.2) is 0 Å². The third kappa shape index (κ3) is 3.42. The fraction of sp³-hybridized carbons (Fsp3) is 0.455. The average molecular weight is 256 g/mol. The summed E-state index contributed by atoms with van der Waals surface area (Å²) in [5.41, 5.74) is 0.919. The van der Waals surface area contributed by atoms with Gasteiger partial charge in [0, 0.05) is 0 Å². The van der Waals surface area contributed by atoms with Gasteiger partial charge in [-0.15, -0.1) is 0 Å². The summed E-state index contributed by atoms with van der Waals surface area (Å²) in [5, 5.41) is 5.03. The molecule has 0 aromatic heterocycles. The number of nitrogens with one attached hydrogen (secondary N) is 1. The molecule has 0 radical (unpaired) electrons.